The van der Waals surface area contributed by atoms with Crippen LogP contribution in [0.5, 0.6) is 5.88 Å². The molecule has 1 atom stereocenters. The lowest BCUT2D eigenvalue weighted by molar-refractivity contribution is -0.129. The van der Waals surface area contributed by atoms with Gasteiger partial charge in [-0.2, -0.15) is 5.10 Å². The third-order valence-corrected chi connectivity index (χ3v) is 5.28. The second-order valence-electron chi connectivity index (χ2n) is 7.62. The quantitative estimate of drug-likeness (QED) is 0.659. The predicted molar refractivity (Wildman–Crippen MR) is 123 cm³/mol. The van der Waals surface area contributed by atoms with Crippen LogP contribution in [-0.4, -0.2) is 69.9 Å². The molecule has 0 spiro atoms. The Bertz CT molecular complexity index is 1200. The van der Waals surface area contributed by atoms with Gasteiger partial charge in [-0.1, -0.05) is 11.6 Å². The fourth-order valence-corrected chi connectivity index (χ4v) is 3.62. The molecule has 4 rings (SSSR count). The number of nitrogens with one attached hydrogen (secondary N) is 2. The van der Waals surface area contributed by atoms with Gasteiger partial charge in [0.2, 0.25) is 11.8 Å². The van der Waals surface area contributed by atoms with E-state index in [1.165, 1.54) is 22.9 Å². The van der Waals surface area contributed by atoms with E-state index in [0.29, 0.717) is 33.4 Å². The molecule has 0 aliphatic carbocycles. The number of ether oxygens (including phenoxy) is 1. The summed E-state index contributed by atoms with van der Waals surface area (Å²) in [7, 11) is 4.80. The average Bonchev–Trinajstić information content (AvgIpc) is 3.32. The molecule has 12 heteroatoms. The van der Waals surface area contributed by atoms with Crippen molar-refractivity contribution >= 4 is 35.3 Å². The van der Waals surface area contributed by atoms with Crippen molar-refractivity contribution in [3.63, 3.8) is 0 Å². The molecule has 11 nitrogen and oxygen atoms in total. The molecule has 33 heavy (non-hydrogen) atoms. The Balaban J connectivity index is 1.74. The van der Waals surface area contributed by atoms with Gasteiger partial charge >= 0.3 is 0 Å². The Kier molecular flexibility index (Phi) is 6.16. The number of anilines is 1. The first-order valence-electron chi connectivity index (χ1n) is 10.1. The smallest absolute Gasteiger partial charge is 0.257 e. The molecule has 2 N–H and O–H groups in total. The number of hydrogen-bond donors (Lipinski definition) is 2. The van der Waals surface area contributed by atoms with Gasteiger partial charge < -0.3 is 15.0 Å². The third kappa shape index (κ3) is 4.45. The molecule has 0 radical (unpaired) electrons. The van der Waals surface area contributed by atoms with Gasteiger partial charge in [-0.15, -0.1) is 0 Å². The Morgan fingerprint density at radius 3 is 2.88 bits per heavy atom. The summed E-state index contributed by atoms with van der Waals surface area (Å²) in [6, 6.07) is 1.37. The Labute approximate surface area is 195 Å². The SMILES string of the molecule is COc1ncc(Cl)cc1-c1nn(CC(=O)N(C)C)cc1NC(=O)C1=C2N=CC=CN2N[C@H]1C. The number of allylic oxidation sites excluding steroid dienone is 1. The number of hydrogen-bond acceptors (Lipinski definition) is 8. The Morgan fingerprint density at radius 2 is 2.15 bits per heavy atom. The fourth-order valence-electron chi connectivity index (χ4n) is 3.46. The summed E-state index contributed by atoms with van der Waals surface area (Å²) in [4.78, 5) is 35.5. The lowest BCUT2D eigenvalue weighted by Crippen LogP contribution is -2.33. The highest BCUT2D eigenvalue weighted by molar-refractivity contribution is 6.30. The van der Waals surface area contributed by atoms with E-state index < -0.39 is 0 Å². The van der Waals surface area contributed by atoms with Gasteiger partial charge in [0.1, 0.15) is 12.2 Å². The molecule has 2 aromatic heterocycles. The van der Waals surface area contributed by atoms with E-state index in [-0.39, 0.29) is 30.3 Å². The van der Waals surface area contributed by atoms with Crippen molar-refractivity contribution < 1.29 is 14.3 Å². The zero-order valence-corrected chi connectivity index (χ0v) is 19.3. The molecule has 2 aliphatic rings. The largest absolute Gasteiger partial charge is 0.481 e. The van der Waals surface area contributed by atoms with E-state index in [2.05, 4.69) is 25.8 Å². The number of methoxy groups -OCH3 is 1. The summed E-state index contributed by atoms with van der Waals surface area (Å²) in [5, 5.41) is 9.51. The van der Waals surface area contributed by atoms with Crippen LogP contribution >= 0.6 is 11.6 Å². The lowest BCUT2D eigenvalue weighted by atomic mass is 10.1. The minimum Gasteiger partial charge on any atom is -0.481 e. The van der Waals surface area contributed by atoms with E-state index >= 15 is 0 Å². The van der Waals surface area contributed by atoms with Crippen LogP contribution in [-0.2, 0) is 16.1 Å². The number of aliphatic imine (C=N–C) groups is 1. The molecule has 2 aromatic rings. The standard InChI is InChI=1S/C21H23ClN8O3/c1-12-17(19-23-6-5-7-30(19)26-12)20(32)25-15-10-29(11-16(31)28(2)3)27-18(15)14-8-13(22)9-24-21(14)33-4/h5-10,12,26H,11H2,1-4H3,(H,25,32)/t12-/m0/s1. The normalized spacial score (nSPS) is 16.8. The van der Waals surface area contributed by atoms with Gasteiger partial charge in [-0.3, -0.25) is 19.3 Å². The van der Waals surface area contributed by atoms with E-state index in [0.717, 1.165) is 0 Å². The summed E-state index contributed by atoms with van der Waals surface area (Å²) in [5.41, 5.74) is 4.86. The molecular formula is C21H23ClN8O3. The summed E-state index contributed by atoms with van der Waals surface area (Å²) < 4.78 is 6.83. The van der Waals surface area contributed by atoms with Crippen molar-refractivity contribution in [3.05, 3.63) is 47.2 Å². The first-order chi connectivity index (χ1) is 15.8. The molecule has 2 aliphatic heterocycles. The fraction of sp³-hybridized carbons (Fsp3) is 0.286. The van der Waals surface area contributed by atoms with Gasteiger partial charge in [0.25, 0.3) is 5.91 Å². The average molecular weight is 471 g/mol. The van der Waals surface area contributed by atoms with E-state index in [1.807, 2.05) is 6.92 Å². The maximum Gasteiger partial charge on any atom is 0.257 e. The van der Waals surface area contributed by atoms with Crippen LogP contribution < -0.4 is 15.5 Å². The number of pyridine rings is 1. The first kappa shape index (κ1) is 22.5. The van der Waals surface area contributed by atoms with Crippen molar-refractivity contribution in [3.8, 4) is 17.1 Å². The maximum atomic E-state index is 13.3. The minimum atomic E-state index is -0.353. The predicted octanol–water partition coefficient (Wildman–Crippen LogP) is 1.65. The molecule has 0 saturated carbocycles. The van der Waals surface area contributed by atoms with E-state index in [4.69, 9.17) is 16.3 Å². The number of aromatic nitrogens is 3. The van der Waals surface area contributed by atoms with Crippen LogP contribution in [0, 0.1) is 0 Å². The molecule has 0 bridgehead atoms. The molecule has 0 fully saturated rings. The monoisotopic (exact) mass is 470 g/mol. The summed E-state index contributed by atoms with van der Waals surface area (Å²) >= 11 is 6.17. The molecule has 0 saturated heterocycles. The maximum absolute atomic E-state index is 13.3. The highest BCUT2D eigenvalue weighted by Gasteiger charge is 2.33. The third-order valence-electron chi connectivity index (χ3n) is 5.07. The molecule has 0 unspecified atom stereocenters. The summed E-state index contributed by atoms with van der Waals surface area (Å²) in [5.74, 6) is 0.288. The summed E-state index contributed by atoms with van der Waals surface area (Å²) in [6.45, 7) is 1.86. The number of hydrazine groups is 1. The van der Waals surface area contributed by atoms with Crippen molar-refractivity contribution in [1.82, 2.24) is 30.1 Å². The highest BCUT2D eigenvalue weighted by Crippen LogP contribution is 2.35. The first-order valence-corrected chi connectivity index (χ1v) is 10.5. The van der Waals surface area contributed by atoms with Crippen molar-refractivity contribution in [1.29, 1.82) is 0 Å². The summed E-state index contributed by atoms with van der Waals surface area (Å²) in [6.07, 6.45) is 8.23. The topological polar surface area (TPSA) is 117 Å². The van der Waals surface area contributed by atoms with Crippen LogP contribution in [0.3, 0.4) is 0 Å². The molecule has 2 amide bonds. The number of nitrogens with zero attached hydrogens (tertiary/aromatic N) is 6. The van der Waals surface area contributed by atoms with Crippen molar-refractivity contribution in [2.24, 2.45) is 4.99 Å². The van der Waals surface area contributed by atoms with Crippen molar-refractivity contribution in [2.75, 3.05) is 26.5 Å². The number of carbonyl (C=O) groups excluding carboxylic acids is 2. The number of carbonyl (C=O) groups is 2. The lowest BCUT2D eigenvalue weighted by Gasteiger charge is -2.16. The van der Waals surface area contributed by atoms with Crippen LogP contribution in [0.2, 0.25) is 5.02 Å². The number of likely N-dealkylation sites (N-methyl/N-ethyl adjacent to an activating group) is 1. The van der Waals surface area contributed by atoms with Gasteiger partial charge in [0.15, 0.2) is 5.82 Å². The van der Waals surface area contributed by atoms with Crippen LogP contribution in [0.4, 0.5) is 5.69 Å². The molecule has 0 aromatic carbocycles. The van der Waals surface area contributed by atoms with Gasteiger partial charge in [-0.25, -0.2) is 15.4 Å². The molecule has 172 valence electrons. The van der Waals surface area contributed by atoms with Crippen LogP contribution in [0.25, 0.3) is 11.3 Å². The van der Waals surface area contributed by atoms with Gasteiger partial charge in [-0.05, 0) is 19.1 Å². The van der Waals surface area contributed by atoms with Crippen LogP contribution in [0.15, 0.2) is 47.1 Å². The zero-order valence-electron chi connectivity index (χ0n) is 18.5. The molecule has 4 heterocycles. The van der Waals surface area contributed by atoms with Crippen molar-refractivity contribution in [2.45, 2.75) is 19.5 Å². The van der Waals surface area contributed by atoms with E-state index in [9.17, 15) is 9.59 Å². The zero-order chi connectivity index (χ0) is 23.7. The highest BCUT2D eigenvalue weighted by atomic mass is 35.5. The number of fused-ring (bicyclic) bond motifs is 1. The second-order valence-corrected chi connectivity index (χ2v) is 8.06. The van der Waals surface area contributed by atoms with E-state index in [1.54, 1.807) is 49.9 Å². The number of halogens is 1. The Morgan fingerprint density at radius 1 is 1.36 bits per heavy atom. The minimum absolute atomic E-state index is 0.0129. The Hall–Kier alpha value is -3.70. The number of amides is 2. The molecular weight excluding hydrogens is 448 g/mol. The van der Waals surface area contributed by atoms with Gasteiger partial charge in [0.05, 0.1) is 35.0 Å². The van der Waals surface area contributed by atoms with Crippen LogP contribution in [0.1, 0.15) is 6.92 Å². The van der Waals surface area contributed by atoms with Gasteiger partial charge in [0, 0.05) is 38.9 Å². The number of rotatable bonds is 6. The second kappa shape index (κ2) is 9.04.